The predicted octanol–water partition coefficient (Wildman–Crippen LogP) is 2.48. The summed E-state index contributed by atoms with van der Waals surface area (Å²) in [6.07, 6.45) is 3.00. The normalized spacial score (nSPS) is 15.1. The fraction of sp³-hybridized carbons (Fsp3) is 0.444. The summed E-state index contributed by atoms with van der Waals surface area (Å²) in [7, 11) is 1.60. The molecule has 1 aliphatic rings. The first-order chi connectivity index (χ1) is 12.6. The highest BCUT2D eigenvalue weighted by Gasteiger charge is 2.28. The maximum Gasteiger partial charge on any atom is 0.273 e. The third-order valence-corrected chi connectivity index (χ3v) is 5.18. The zero-order valence-corrected chi connectivity index (χ0v) is 15.7. The summed E-state index contributed by atoms with van der Waals surface area (Å²) in [6, 6.07) is 3.71. The minimum absolute atomic E-state index is 0.0375. The Hall–Kier alpha value is -2.32. The highest BCUT2D eigenvalue weighted by Crippen LogP contribution is 2.21. The molecule has 0 radical (unpaired) electrons. The molecule has 0 spiro atoms. The molecule has 26 heavy (non-hydrogen) atoms. The van der Waals surface area contributed by atoms with Gasteiger partial charge in [-0.15, -0.1) is 11.3 Å². The van der Waals surface area contributed by atoms with E-state index < -0.39 is 0 Å². The molecule has 1 fully saturated rings. The summed E-state index contributed by atoms with van der Waals surface area (Å²) in [6.45, 7) is 3.46. The molecule has 2 amide bonds. The van der Waals surface area contributed by atoms with Gasteiger partial charge in [-0.2, -0.15) is 0 Å². The molecule has 3 heterocycles. The lowest BCUT2D eigenvalue weighted by Gasteiger charge is -2.30. The first-order valence-electron chi connectivity index (χ1n) is 8.53. The molecule has 3 rings (SSSR count). The molecule has 2 aromatic heterocycles. The molecule has 1 N–H and O–H groups in total. The highest BCUT2D eigenvalue weighted by molar-refractivity contribution is 7.09. The lowest BCUT2D eigenvalue weighted by molar-refractivity contribution is -0.121. The van der Waals surface area contributed by atoms with Crippen LogP contribution in [0.4, 0.5) is 5.82 Å². The number of pyridine rings is 1. The minimum atomic E-state index is -0.110. The number of anilines is 1. The molecule has 8 heteroatoms. The predicted molar refractivity (Wildman–Crippen MR) is 99.1 cm³/mol. The molecule has 7 nitrogen and oxygen atoms in total. The number of nitrogens with zero attached hydrogens (tertiary/aromatic N) is 3. The van der Waals surface area contributed by atoms with E-state index in [0.29, 0.717) is 44.0 Å². The number of likely N-dealkylation sites (tertiary alicyclic amines) is 1. The van der Waals surface area contributed by atoms with E-state index in [9.17, 15) is 9.59 Å². The van der Waals surface area contributed by atoms with E-state index in [2.05, 4.69) is 15.3 Å². The highest BCUT2D eigenvalue weighted by atomic mass is 32.1. The number of piperidine rings is 1. The van der Waals surface area contributed by atoms with Crippen LogP contribution in [0.2, 0.25) is 0 Å². The molecule has 1 saturated heterocycles. The monoisotopic (exact) mass is 374 g/mol. The van der Waals surface area contributed by atoms with Crippen LogP contribution in [0, 0.1) is 12.8 Å². The van der Waals surface area contributed by atoms with Gasteiger partial charge in [0.15, 0.2) is 0 Å². The Balaban J connectivity index is 1.52. The van der Waals surface area contributed by atoms with Crippen LogP contribution < -0.4 is 5.32 Å². The fourth-order valence-corrected chi connectivity index (χ4v) is 3.61. The second-order valence-corrected chi connectivity index (χ2v) is 7.28. The van der Waals surface area contributed by atoms with Gasteiger partial charge in [0, 0.05) is 37.7 Å². The average Bonchev–Trinajstić information content (AvgIpc) is 3.12. The van der Waals surface area contributed by atoms with Crippen LogP contribution in [-0.4, -0.2) is 46.9 Å². The van der Waals surface area contributed by atoms with Gasteiger partial charge in [0.25, 0.3) is 5.91 Å². The number of carbonyl (C=O) groups excluding carboxylic acids is 2. The molecule has 0 bridgehead atoms. The number of rotatable bonds is 5. The van der Waals surface area contributed by atoms with Gasteiger partial charge in [-0.1, -0.05) is 6.07 Å². The number of aromatic nitrogens is 2. The van der Waals surface area contributed by atoms with Gasteiger partial charge < -0.3 is 15.0 Å². The van der Waals surface area contributed by atoms with E-state index in [1.807, 2.05) is 13.0 Å². The van der Waals surface area contributed by atoms with Crippen molar-refractivity contribution in [2.24, 2.45) is 5.92 Å². The third kappa shape index (κ3) is 4.44. The number of hydrogen-bond acceptors (Lipinski definition) is 6. The second-order valence-electron chi connectivity index (χ2n) is 6.34. The molecular formula is C18H22N4O3S. The molecule has 0 atom stereocenters. The van der Waals surface area contributed by atoms with Crippen molar-refractivity contribution in [1.29, 1.82) is 0 Å². The van der Waals surface area contributed by atoms with Crippen molar-refractivity contribution in [3.05, 3.63) is 40.0 Å². The summed E-state index contributed by atoms with van der Waals surface area (Å²) in [5.74, 6) is 0.334. The Bertz CT molecular complexity index is 767. The molecule has 138 valence electrons. The lowest BCUT2D eigenvalue weighted by atomic mass is 9.95. The summed E-state index contributed by atoms with van der Waals surface area (Å²) >= 11 is 1.42. The van der Waals surface area contributed by atoms with E-state index in [1.165, 1.54) is 11.3 Å². The van der Waals surface area contributed by atoms with Crippen LogP contribution in [-0.2, 0) is 16.1 Å². The molecule has 0 saturated carbocycles. The molecule has 1 aliphatic heterocycles. The zero-order chi connectivity index (χ0) is 18.5. The molecule has 0 aliphatic carbocycles. The van der Waals surface area contributed by atoms with Crippen molar-refractivity contribution >= 4 is 29.0 Å². The Kier molecular flexibility index (Phi) is 5.95. The molecule has 0 unspecified atom stereocenters. The van der Waals surface area contributed by atoms with Gasteiger partial charge in [-0.3, -0.25) is 9.59 Å². The molecular weight excluding hydrogens is 352 g/mol. The number of thiazole rings is 1. The number of carbonyl (C=O) groups is 2. The maximum absolute atomic E-state index is 12.5. The van der Waals surface area contributed by atoms with Crippen LogP contribution >= 0.6 is 11.3 Å². The summed E-state index contributed by atoms with van der Waals surface area (Å²) in [4.78, 5) is 35.2. The van der Waals surface area contributed by atoms with Gasteiger partial charge in [-0.05, 0) is 31.4 Å². The second kappa shape index (κ2) is 8.37. The Labute approximate surface area is 156 Å². The van der Waals surface area contributed by atoms with Crippen LogP contribution in [0.5, 0.6) is 0 Å². The zero-order valence-electron chi connectivity index (χ0n) is 14.9. The maximum atomic E-state index is 12.5. The van der Waals surface area contributed by atoms with Gasteiger partial charge in [-0.25, -0.2) is 9.97 Å². The minimum Gasteiger partial charge on any atom is -0.378 e. The van der Waals surface area contributed by atoms with Crippen molar-refractivity contribution in [1.82, 2.24) is 14.9 Å². The Morgan fingerprint density at radius 2 is 2.12 bits per heavy atom. The van der Waals surface area contributed by atoms with Crippen molar-refractivity contribution in [3.63, 3.8) is 0 Å². The fourth-order valence-electron chi connectivity index (χ4n) is 2.88. The van der Waals surface area contributed by atoms with E-state index in [-0.39, 0.29) is 17.7 Å². The van der Waals surface area contributed by atoms with Crippen molar-refractivity contribution < 1.29 is 14.3 Å². The largest absolute Gasteiger partial charge is 0.378 e. The number of hydrogen-bond donors (Lipinski definition) is 1. The van der Waals surface area contributed by atoms with Gasteiger partial charge in [0.1, 0.15) is 16.5 Å². The standard InChI is InChI=1S/C18H22N4O3S/c1-12-3-4-15(19-9-12)21-17(23)13-5-7-22(8-6-13)18(24)14-11-26-16(20-14)10-25-2/h3-4,9,11,13H,5-8,10H2,1-2H3,(H,19,21,23). The van der Waals surface area contributed by atoms with Crippen LogP contribution in [0.1, 0.15) is 33.9 Å². The van der Waals surface area contributed by atoms with Crippen molar-refractivity contribution in [3.8, 4) is 0 Å². The van der Waals surface area contributed by atoms with Gasteiger partial charge in [0.05, 0.1) is 6.61 Å². The Morgan fingerprint density at radius 3 is 2.77 bits per heavy atom. The number of amides is 2. The first-order valence-corrected chi connectivity index (χ1v) is 9.41. The average molecular weight is 374 g/mol. The summed E-state index contributed by atoms with van der Waals surface area (Å²) in [5, 5.41) is 5.40. The van der Waals surface area contributed by atoms with E-state index in [4.69, 9.17) is 4.74 Å². The SMILES string of the molecule is COCc1nc(C(=O)N2CCC(C(=O)Nc3ccc(C)cn3)CC2)cs1. The van der Waals surface area contributed by atoms with Crippen molar-refractivity contribution in [2.45, 2.75) is 26.4 Å². The topological polar surface area (TPSA) is 84.4 Å². The third-order valence-electron chi connectivity index (χ3n) is 4.35. The van der Waals surface area contributed by atoms with E-state index in [0.717, 1.165) is 10.6 Å². The lowest BCUT2D eigenvalue weighted by Crippen LogP contribution is -2.41. The summed E-state index contributed by atoms with van der Waals surface area (Å²) < 4.78 is 5.04. The van der Waals surface area contributed by atoms with Gasteiger partial charge >= 0.3 is 0 Å². The Morgan fingerprint density at radius 1 is 1.35 bits per heavy atom. The quantitative estimate of drug-likeness (QED) is 0.869. The van der Waals surface area contributed by atoms with Crippen molar-refractivity contribution in [2.75, 3.05) is 25.5 Å². The van der Waals surface area contributed by atoms with Crippen LogP contribution in [0.3, 0.4) is 0 Å². The molecule has 0 aromatic carbocycles. The number of ether oxygens (including phenoxy) is 1. The smallest absolute Gasteiger partial charge is 0.273 e. The van der Waals surface area contributed by atoms with Crippen LogP contribution in [0.25, 0.3) is 0 Å². The summed E-state index contributed by atoms with van der Waals surface area (Å²) in [5.41, 5.74) is 1.50. The number of aryl methyl sites for hydroxylation is 1. The van der Waals surface area contributed by atoms with Crippen LogP contribution in [0.15, 0.2) is 23.7 Å². The molecule has 2 aromatic rings. The number of methoxy groups -OCH3 is 1. The van der Waals surface area contributed by atoms with E-state index in [1.54, 1.807) is 29.7 Å². The number of nitrogens with one attached hydrogen (secondary N) is 1. The first kappa shape index (κ1) is 18.5. The van der Waals surface area contributed by atoms with E-state index >= 15 is 0 Å². The van der Waals surface area contributed by atoms with Gasteiger partial charge in [0.2, 0.25) is 5.91 Å².